The Hall–Kier alpha value is -1.45. The van der Waals surface area contributed by atoms with Gasteiger partial charge in [0.25, 0.3) is 0 Å². The lowest BCUT2D eigenvalue weighted by Crippen LogP contribution is -2.21. The van der Waals surface area contributed by atoms with Crippen LogP contribution in [0.25, 0.3) is 0 Å². The Bertz CT molecular complexity index is 411. The highest BCUT2D eigenvalue weighted by molar-refractivity contribution is 5.85. The van der Waals surface area contributed by atoms with E-state index in [4.69, 9.17) is 5.11 Å². The molecule has 1 aliphatic carbocycles. The van der Waals surface area contributed by atoms with E-state index in [1.807, 2.05) is 0 Å². The fourth-order valence-corrected chi connectivity index (χ4v) is 2.05. The summed E-state index contributed by atoms with van der Waals surface area (Å²) in [5, 5.41) is 9.13. The quantitative estimate of drug-likeness (QED) is 0.856. The zero-order valence-electron chi connectivity index (χ0n) is 8.62. The van der Waals surface area contributed by atoms with E-state index in [1.165, 1.54) is 0 Å². The van der Waals surface area contributed by atoms with Crippen molar-refractivity contribution in [3.05, 3.63) is 35.4 Å². The van der Waals surface area contributed by atoms with Gasteiger partial charge in [0.1, 0.15) is 0 Å². The molecule has 0 radical (unpaired) electrons. The molecule has 0 atom stereocenters. The van der Waals surface area contributed by atoms with Crippen molar-refractivity contribution in [1.29, 1.82) is 0 Å². The largest absolute Gasteiger partial charge is 0.481 e. The first-order valence-electron chi connectivity index (χ1n) is 5.16. The molecule has 1 aromatic carbocycles. The number of hydrogen-bond donors (Lipinski definition) is 1. The summed E-state index contributed by atoms with van der Waals surface area (Å²) in [5.41, 5.74) is 0.117. The average Bonchev–Trinajstić information content (AvgIpc) is 2.98. The van der Waals surface area contributed by atoms with Crippen molar-refractivity contribution < 1.29 is 18.7 Å². The van der Waals surface area contributed by atoms with Gasteiger partial charge in [-0.1, -0.05) is 24.3 Å². The average molecular weight is 226 g/mol. The molecule has 1 aliphatic rings. The van der Waals surface area contributed by atoms with Crippen LogP contribution in [0.15, 0.2) is 24.3 Å². The molecule has 1 saturated carbocycles. The summed E-state index contributed by atoms with van der Waals surface area (Å²) in [6.07, 6.45) is -1.72. The minimum absolute atomic E-state index is 0.370. The molecule has 1 fully saturated rings. The van der Waals surface area contributed by atoms with Crippen molar-refractivity contribution in [1.82, 2.24) is 0 Å². The number of carbonyl (C=O) groups is 1. The van der Waals surface area contributed by atoms with Crippen molar-refractivity contribution in [2.75, 3.05) is 0 Å². The summed E-state index contributed by atoms with van der Waals surface area (Å²) in [7, 11) is 0. The van der Waals surface area contributed by atoms with Crippen LogP contribution in [0.5, 0.6) is 0 Å². The second-order valence-corrected chi connectivity index (χ2v) is 4.14. The highest BCUT2D eigenvalue weighted by Crippen LogP contribution is 2.49. The predicted octanol–water partition coefficient (Wildman–Crippen LogP) is 2.61. The van der Waals surface area contributed by atoms with E-state index in [9.17, 15) is 13.6 Å². The van der Waals surface area contributed by atoms with Gasteiger partial charge in [0.05, 0.1) is 5.41 Å². The number of rotatable bonds is 4. The lowest BCUT2D eigenvalue weighted by Gasteiger charge is -2.15. The lowest BCUT2D eigenvalue weighted by molar-refractivity contribution is -0.140. The fourth-order valence-electron chi connectivity index (χ4n) is 2.05. The van der Waals surface area contributed by atoms with Crippen LogP contribution < -0.4 is 0 Å². The third-order valence-electron chi connectivity index (χ3n) is 3.07. The third kappa shape index (κ3) is 1.79. The zero-order chi connectivity index (χ0) is 11.8. The standard InChI is InChI=1S/C12H12F2O2/c13-10(14)7-8-3-1-2-4-9(8)12(5-6-12)11(15)16/h1-4,10H,5-7H2,(H,15,16). The van der Waals surface area contributed by atoms with Gasteiger partial charge >= 0.3 is 5.97 Å². The maximum atomic E-state index is 12.4. The molecule has 86 valence electrons. The molecule has 0 spiro atoms. The van der Waals surface area contributed by atoms with Gasteiger partial charge in [0.15, 0.2) is 0 Å². The molecule has 0 aliphatic heterocycles. The van der Waals surface area contributed by atoms with E-state index in [0.717, 1.165) is 0 Å². The molecule has 16 heavy (non-hydrogen) atoms. The van der Waals surface area contributed by atoms with Gasteiger partial charge in [-0.15, -0.1) is 0 Å². The number of carboxylic acids is 1. The first-order chi connectivity index (χ1) is 7.56. The summed E-state index contributed by atoms with van der Waals surface area (Å²) >= 11 is 0. The topological polar surface area (TPSA) is 37.3 Å². The minimum Gasteiger partial charge on any atom is -0.481 e. The van der Waals surface area contributed by atoms with Crippen molar-refractivity contribution in [3.8, 4) is 0 Å². The van der Waals surface area contributed by atoms with Crippen LogP contribution in [0, 0.1) is 0 Å². The van der Waals surface area contributed by atoms with Gasteiger partial charge in [0, 0.05) is 6.42 Å². The maximum absolute atomic E-state index is 12.4. The van der Waals surface area contributed by atoms with Gasteiger partial charge in [-0.05, 0) is 24.0 Å². The smallest absolute Gasteiger partial charge is 0.314 e. The number of carboxylic acid groups (broad SMARTS) is 1. The van der Waals surface area contributed by atoms with Crippen molar-refractivity contribution in [3.63, 3.8) is 0 Å². The Kier molecular flexibility index (Phi) is 2.66. The Labute approximate surface area is 91.9 Å². The molecular formula is C12H12F2O2. The Morgan fingerprint density at radius 3 is 2.50 bits per heavy atom. The number of aliphatic carboxylic acids is 1. The van der Waals surface area contributed by atoms with Gasteiger partial charge in [-0.3, -0.25) is 4.79 Å². The molecular weight excluding hydrogens is 214 g/mol. The predicted molar refractivity (Wildman–Crippen MR) is 54.7 cm³/mol. The van der Waals surface area contributed by atoms with Crippen LogP contribution >= 0.6 is 0 Å². The number of alkyl halides is 2. The highest BCUT2D eigenvalue weighted by Gasteiger charge is 2.52. The fraction of sp³-hybridized carbons (Fsp3) is 0.417. The number of halogens is 2. The molecule has 0 unspecified atom stereocenters. The molecule has 1 N–H and O–H groups in total. The van der Waals surface area contributed by atoms with Gasteiger partial charge in [-0.2, -0.15) is 0 Å². The Balaban J connectivity index is 2.37. The van der Waals surface area contributed by atoms with Crippen LogP contribution in [0.2, 0.25) is 0 Å². The van der Waals surface area contributed by atoms with E-state index >= 15 is 0 Å². The molecule has 2 rings (SSSR count). The molecule has 2 nitrogen and oxygen atoms in total. The van der Waals surface area contributed by atoms with Crippen LogP contribution in [-0.2, 0) is 16.6 Å². The molecule has 1 aromatic rings. The molecule has 0 bridgehead atoms. The lowest BCUT2D eigenvalue weighted by atomic mass is 9.90. The molecule has 4 heteroatoms. The summed E-state index contributed by atoms with van der Waals surface area (Å²) in [6, 6.07) is 6.61. The van der Waals surface area contributed by atoms with Gasteiger partial charge in [-0.25, -0.2) is 8.78 Å². The monoisotopic (exact) mass is 226 g/mol. The zero-order valence-corrected chi connectivity index (χ0v) is 8.62. The normalized spacial score (nSPS) is 17.4. The van der Waals surface area contributed by atoms with Gasteiger partial charge < -0.3 is 5.11 Å². The summed E-state index contributed by atoms with van der Waals surface area (Å²) < 4.78 is 24.7. The number of hydrogen-bond acceptors (Lipinski definition) is 1. The maximum Gasteiger partial charge on any atom is 0.314 e. The minimum atomic E-state index is -2.44. The van der Waals surface area contributed by atoms with E-state index in [2.05, 4.69) is 0 Å². The third-order valence-corrected chi connectivity index (χ3v) is 3.07. The first kappa shape index (κ1) is 11.0. The van der Waals surface area contributed by atoms with E-state index in [0.29, 0.717) is 24.0 Å². The van der Waals surface area contributed by atoms with Crippen LogP contribution in [0.1, 0.15) is 24.0 Å². The second kappa shape index (κ2) is 3.85. The van der Waals surface area contributed by atoms with Crippen molar-refractivity contribution in [2.45, 2.75) is 31.1 Å². The second-order valence-electron chi connectivity index (χ2n) is 4.14. The molecule has 0 saturated heterocycles. The summed E-state index contributed by atoms with van der Waals surface area (Å²) in [5.74, 6) is -0.908. The Morgan fingerprint density at radius 2 is 2.00 bits per heavy atom. The Morgan fingerprint density at radius 1 is 1.38 bits per heavy atom. The summed E-state index contributed by atoms with van der Waals surface area (Å²) in [6.45, 7) is 0. The van der Waals surface area contributed by atoms with Crippen LogP contribution in [-0.4, -0.2) is 17.5 Å². The van der Waals surface area contributed by atoms with Crippen LogP contribution in [0.4, 0.5) is 8.78 Å². The van der Waals surface area contributed by atoms with Crippen LogP contribution in [0.3, 0.4) is 0 Å². The van der Waals surface area contributed by atoms with E-state index in [-0.39, 0.29) is 6.42 Å². The highest BCUT2D eigenvalue weighted by atomic mass is 19.3. The van der Waals surface area contributed by atoms with Gasteiger partial charge in [0.2, 0.25) is 6.43 Å². The molecule has 0 aromatic heterocycles. The molecule has 0 heterocycles. The number of benzene rings is 1. The molecule has 0 amide bonds. The van der Waals surface area contributed by atoms with E-state index in [1.54, 1.807) is 24.3 Å². The SMILES string of the molecule is O=C(O)C1(c2ccccc2CC(F)F)CC1. The summed E-state index contributed by atoms with van der Waals surface area (Å²) in [4.78, 5) is 11.1. The first-order valence-corrected chi connectivity index (χ1v) is 5.16. The van der Waals surface area contributed by atoms with E-state index < -0.39 is 17.8 Å². The van der Waals surface area contributed by atoms with Crippen molar-refractivity contribution in [2.24, 2.45) is 0 Å². The van der Waals surface area contributed by atoms with Crippen molar-refractivity contribution >= 4 is 5.97 Å².